The Labute approximate surface area is 196 Å². The molecular weight excluding hydrogens is 436 g/mol. The van der Waals surface area contributed by atoms with Crippen LogP contribution < -0.4 is 5.32 Å². The largest absolute Gasteiger partial charge is 0.455 e. The lowest BCUT2D eigenvalue weighted by Gasteiger charge is -2.13. The van der Waals surface area contributed by atoms with Crippen LogP contribution in [0, 0.1) is 25.5 Å². The molecule has 0 fully saturated rings. The molecule has 0 unspecified atom stereocenters. The summed E-state index contributed by atoms with van der Waals surface area (Å²) in [6.07, 6.45) is 1.13. The molecule has 0 aliphatic heterocycles. The maximum absolute atomic E-state index is 16.1. The maximum atomic E-state index is 16.1. The average Bonchev–Trinajstić information content (AvgIpc) is 3.20. The van der Waals surface area contributed by atoms with Crippen molar-refractivity contribution in [2.45, 2.75) is 33.6 Å². The van der Waals surface area contributed by atoms with E-state index in [1.54, 1.807) is 18.2 Å². The number of benzene rings is 3. The molecule has 1 amide bonds. The van der Waals surface area contributed by atoms with Crippen molar-refractivity contribution >= 4 is 22.7 Å². The number of carbonyl (C=O) groups is 2. The molecule has 1 aromatic heterocycles. The lowest BCUT2D eigenvalue weighted by Crippen LogP contribution is -2.18. The van der Waals surface area contributed by atoms with Crippen LogP contribution in [0.3, 0.4) is 0 Å². The van der Waals surface area contributed by atoms with Gasteiger partial charge in [-0.25, -0.2) is 8.78 Å². The summed E-state index contributed by atoms with van der Waals surface area (Å²) in [5, 5.41) is 2.58. The standard InChI is InChI=1S/C28H25F2NO3/c1-5-6-22(32)21-14-20(15(2)13-16(21)3)19-11-12-23-24(26(19)30)25(28(33)31-4)27(34-23)17-7-9-18(29)10-8-17/h7-14H,5-6H2,1-4H3,(H,31,33). The zero-order valence-electron chi connectivity index (χ0n) is 19.5. The number of furan rings is 1. The minimum Gasteiger partial charge on any atom is -0.455 e. The molecular formula is C28H25F2NO3. The number of nitrogens with one attached hydrogen (secondary N) is 1. The molecule has 1 N–H and O–H groups in total. The van der Waals surface area contributed by atoms with Crippen LogP contribution in [-0.4, -0.2) is 18.7 Å². The van der Waals surface area contributed by atoms with E-state index >= 15 is 4.39 Å². The molecule has 0 atom stereocenters. The lowest BCUT2D eigenvalue weighted by molar-refractivity contribution is 0.0961. The number of rotatable bonds is 6. The zero-order chi connectivity index (χ0) is 24.6. The van der Waals surface area contributed by atoms with Crippen LogP contribution >= 0.6 is 0 Å². The number of amides is 1. The molecule has 0 spiro atoms. The van der Waals surface area contributed by atoms with E-state index in [4.69, 9.17) is 4.42 Å². The Bertz CT molecular complexity index is 1420. The molecule has 0 aliphatic carbocycles. The monoisotopic (exact) mass is 461 g/mol. The third-order valence-corrected chi connectivity index (χ3v) is 5.99. The summed E-state index contributed by atoms with van der Waals surface area (Å²) in [7, 11) is 1.45. The maximum Gasteiger partial charge on any atom is 0.255 e. The van der Waals surface area contributed by atoms with E-state index in [1.807, 2.05) is 26.8 Å². The van der Waals surface area contributed by atoms with Crippen molar-refractivity contribution in [1.82, 2.24) is 5.32 Å². The van der Waals surface area contributed by atoms with Gasteiger partial charge in [-0.05, 0) is 79.4 Å². The highest BCUT2D eigenvalue weighted by Crippen LogP contribution is 2.39. The summed E-state index contributed by atoms with van der Waals surface area (Å²) in [4.78, 5) is 25.5. The van der Waals surface area contributed by atoms with Gasteiger partial charge in [0.2, 0.25) is 0 Å². The molecule has 4 nitrogen and oxygen atoms in total. The molecule has 34 heavy (non-hydrogen) atoms. The molecule has 4 rings (SSSR count). The Morgan fingerprint density at radius 2 is 1.65 bits per heavy atom. The molecule has 6 heteroatoms. The van der Waals surface area contributed by atoms with Gasteiger partial charge >= 0.3 is 0 Å². The quantitative estimate of drug-likeness (QED) is 0.314. The summed E-state index contributed by atoms with van der Waals surface area (Å²) in [5.41, 5.74) is 3.76. The molecule has 0 saturated heterocycles. The van der Waals surface area contributed by atoms with E-state index in [9.17, 15) is 14.0 Å². The minimum absolute atomic E-state index is 0.00990. The Morgan fingerprint density at radius 1 is 0.941 bits per heavy atom. The first kappa shape index (κ1) is 23.4. The van der Waals surface area contributed by atoms with Crippen molar-refractivity contribution in [2.75, 3.05) is 7.05 Å². The fourth-order valence-electron chi connectivity index (χ4n) is 4.31. The topological polar surface area (TPSA) is 59.3 Å². The number of hydrogen-bond acceptors (Lipinski definition) is 3. The van der Waals surface area contributed by atoms with Crippen LogP contribution in [0.5, 0.6) is 0 Å². The van der Waals surface area contributed by atoms with Crippen LogP contribution in [0.2, 0.25) is 0 Å². The van der Waals surface area contributed by atoms with Crippen LogP contribution in [0.15, 0.2) is 52.9 Å². The van der Waals surface area contributed by atoms with Crippen molar-refractivity contribution < 1.29 is 22.8 Å². The van der Waals surface area contributed by atoms with E-state index in [0.29, 0.717) is 23.1 Å². The molecule has 0 radical (unpaired) electrons. The molecule has 0 aliphatic rings. The number of carbonyl (C=O) groups excluding carboxylic acids is 2. The third kappa shape index (κ3) is 4.00. The number of ketones is 1. The number of Topliss-reactive ketones (excluding diaryl/α,β-unsaturated/α-hetero) is 1. The highest BCUT2D eigenvalue weighted by Gasteiger charge is 2.26. The van der Waals surface area contributed by atoms with Gasteiger partial charge in [0.15, 0.2) is 5.78 Å². The fraction of sp³-hybridized carbons (Fsp3) is 0.214. The van der Waals surface area contributed by atoms with Gasteiger partial charge in [0.05, 0.1) is 10.9 Å². The number of fused-ring (bicyclic) bond motifs is 1. The predicted octanol–water partition coefficient (Wildman–Crippen LogP) is 7.00. The number of aryl methyl sites for hydroxylation is 2. The van der Waals surface area contributed by atoms with Crippen LogP contribution in [0.4, 0.5) is 8.78 Å². The van der Waals surface area contributed by atoms with Crippen LogP contribution in [0.25, 0.3) is 33.4 Å². The molecule has 4 aromatic rings. The Balaban J connectivity index is 1.98. The van der Waals surface area contributed by atoms with E-state index < -0.39 is 17.5 Å². The van der Waals surface area contributed by atoms with E-state index in [1.165, 1.54) is 31.3 Å². The predicted molar refractivity (Wildman–Crippen MR) is 129 cm³/mol. The third-order valence-electron chi connectivity index (χ3n) is 5.99. The van der Waals surface area contributed by atoms with Gasteiger partial charge in [-0.3, -0.25) is 9.59 Å². The summed E-state index contributed by atoms with van der Waals surface area (Å²) in [5.74, 6) is -1.40. The fourth-order valence-corrected chi connectivity index (χ4v) is 4.31. The van der Waals surface area contributed by atoms with Gasteiger partial charge in [0.25, 0.3) is 5.91 Å². The molecule has 174 valence electrons. The summed E-state index contributed by atoms with van der Waals surface area (Å²) in [6.45, 7) is 5.67. The van der Waals surface area contributed by atoms with Gasteiger partial charge in [-0.15, -0.1) is 0 Å². The van der Waals surface area contributed by atoms with Crippen LogP contribution in [-0.2, 0) is 0 Å². The van der Waals surface area contributed by atoms with Crippen LogP contribution in [0.1, 0.15) is 51.6 Å². The molecule has 3 aromatic carbocycles. The summed E-state index contributed by atoms with van der Waals surface area (Å²) in [6, 6.07) is 12.3. The number of halogens is 2. The molecule has 1 heterocycles. The summed E-state index contributed by atoms with van der Waals surface area (Å²) >= 11 is 0. The zero-order valence-corrected chi connectivity index (χ0v) is 19.5. The average molecular weight is 462 g/mol. The van der Waals surface area contributed by atoms with Crippen molar-refractivity contribution in [3.05, 3.63) is 82.4 Å². The Kier molecular flexibility index (Phi) is 6.33. The SMILES string of the molecule is CCCC(=O)c1cc(-c2ccc3oc(-c4ccc(F)cc4)c(C(=O)NC)c3c2F)c(C)cc1C. The minimum atomic E-state index is -0.617. The van der Waals surface area contributed by atoms with Gasteiger partial charge in [-0.2, -0.15) is 0 Å². The second-order valence-electron chi connectivity index (χ2n) is 8.35. The van der Waals surface area contributed by atoms with Gasteiger partial charge in [0, 0.05) is 30.2 Å². The first-order valence-electron chi connectivity index (χ1n) is 11.1. The Hall–Kier alpha value is -3.80. The van der Waals surface area contributed by atoms with Gasteiger partial charge in [-0.1, -0.05) is 13.0 Å². The van der Waals surface area contributed by atoms with Gasteiger partial charge in [0.1, 0.15) is 23.0 Å². The number of hydrogen-bond donors (Lipinski definition) is 1. The first-order valence-corrected chi connectivity index (χ1v) is 11.1. The summed E-state index contributed by atoms with van der Waals surface area (Å²) < 4.78 is 35.4. The second-order valence-corrected chi connectivity index (χ2v) is 8.35. The van der Waals surface area contributed by atoms with Crippen molar-refractivity contribution in [3.63, 3.8) is 0 Å². The lowest BCUT2D eigenvalue weighted by atomic mass is 9.91. The Morgan fingerprint density at radius 3 is 2.29 bits per heavy atom. The van der Waals surface area contributed by atoms with Gasteiger partial charge < -0.3 is 9.73 Å². The second kappa shape index (κ2) is 9.21. The molecule has 0 saturated carbocycles. The van der Waals surface area contributed by atoms with Crippen molar-refractivity contribution in [3.8, 4) is 22.5 Å². The highest BCUT2D eigenvalue weighted by molar-refractivity contribution is 6.12. The van der Waals surface area contributed by atoms with Crippen molar-refractivity contribution in [2.24, 2.45) is 0 Å². The van der Waals surface area contributed by atoms with E-state index in [0.717, 1.165) is 17.5 Å². The van der Waals surface area contributed by atoms with E-state index in [2.05, 4.69) is 5.32 Å². The first-order chi connectivity index (χ1) is 16.3. The smallest absolute Gasteiger partial charge is 0.255 e. The van der Waals surface area contributed by atoms with Crippen molar-refractivity contribution in [1.29, 1.82) is 0 Å². The molecule has 0 bridgehead atoms. The van der Waals surface area contributed by atoms with E-state index in [-0.39, 0.29) is 33.6 Å². The normalized spacial score (nSPS) is 11.1. The highest BCUT2D eigenvalue weighted by atomic mass is 19.1.